The van der Waals surface area contributed by atoms with Crippen molar-refractivity contribution in [2.45, 2.75) is 31.0 Å². The van der Waals surface area contributed by atoms with Gasteiger partial charge in [0.05, 0.1) is 6.61 Å². The van der Waals surface area contributed by atoms with Gasteiger partial charge in [0.15, 0.2) is 0 Å². The summed E-state index contributed by atoms with van der Waals surface area (Å²) < 4.78 is 6.04. The normalized spacial score (nSPS) is 23.2. The highest BCUT2D eigenvalue weighted by molar-refractivity contribution is 5.02. The Labute approximate surface area is 105 Å². The van der Waals surface area contributed by atoms with Gasteiger partial charge < -0.3 is 4.74 Å². The van der Waals surface area contributed by atoms with E-state index in [9.17, 15) is 0 Å². The Kier molecular flexibility index (Phi) is 5.39. The average molecular weight is 233 g/mol. The number of rotatable bonds is 8. The lowest BCUT2D eigenvalue weighted by Crippen LogP contribution is -2.47. The van der Waals surface area contributed by atoms with Crippen molar-refractivity contribution >= 4 is 0 Å². The van der Waals surface area contributed by atoms with E-state index in [1.807, 2.05) is 24.3 Å². The van der Waals surface area contributed by atoms with Crippen LogP contribution in [0.1, 0.15) is 19.3 Å². The summed E-state index contributed by atoms with van der Waals surface area (Å²) in [5.74, 6) is 0. The molecule has 0 bridgehead atoms. The van der Waals surface area contributed by atoms with Crippen molar-refractivity contribution in [1.29, 1.82) is 0 Å². The first-order valence-electron chi connectivity index (χ1n) is 6.08. The van der Waals surface area contributed by atoms with Crippen LogP contribution in [-0.2, 0) is 4.74 Å². The number of nitrogens with zero attached hydrogens (tertiary/aromatic N) is 1. The number of hydrogen-bond donors (Lipinski definition) is 0. The van der Waals surface area contributed by atoms with E-state index in [4.69, 9.17) is 4.74 Å². The first-order valence-corrected chi connectivity index (χ1v) is 6.08. The molecule has 2 heteroatoms. The van der Waals surface area contributed by atoms with E-state index in [0.29, 0.717) is 6.04 Å². The molecule has 1 aliphatic rings. The summed E-state index contributed by atoms with van der Waals surface area (Å²) in [6.45, 7) is 16.9. The molecule has 1 rings (SSSR count). The molecule has 17 heavy (non-hydrogen) atoms. The van der Waals surface area contributed by atoms with E-state index < -0.39 is 0 Å². The molecule has 2 nitrogen and oxygen atoms in total. The van der Waals surface area contributed by atoms with Crippen LogP contribution in [0.2, 0.25) is 0 Å². The second-order valence-electron chi connectivity index (χ2n) is 4.36. The summed E-state index contributed by atoms with van der Waals surface area (Å²) in [4.78, 5) is 2.35. The predicted octanol–water partition coefficient (Wildman–Crippen LogP) is 3.30. The van der Waals surface area contributed by atoms with Crippen LogP contribution in [0.15, 0.2) is 50.6 Å². The maximum atomic E-state index is 6.04. The summed E-state index contributed by atoms with van der Waals surface area (Å²) in [6, 6.07) is 0.380. The summed E-state index contributed by atoms with van der Waals surface area (Å²) >= 11 is 0. The third-order valence-corrected chi connectivity index (χ3v) is 3.20. The van der Waals surface area contributed by atoms with Gasteiger partial charge in [-0.05, 0) is 6.42 Å². The maximum absolute atomic E-state index is 6.04. The van der Waals surface area contributed by atoms with E-state index in [1.54, 1.807) is 0 Å². The monoisotopic (exact) mass is 233 g/mol. The van der Waals surface area contributed by atoms with Crippen molar-refractivity contribution < 1.29 is 4.74 Å². The van der Waals surface area contributed by atoms with Gasteiger partial charge in [0, 0.05) is 25.4 Å². The molecule has 1 heterocycles. The van der Waals surface area contributed by atoms with E-state index in [0.717, 1.165) is 32.4 Å². The third-order valence-electron chi connectivity index (χ3n) is 3.20. The van der Waals surface area contributed by atoms with Gasteiger partial charge >= 0.3 is 0 Å². The zero-order valence-electron chi connectivity index (χ0n) is 10.6. The molecule has 0 aliphatic carbocycles. The smallest absolute Gasteiger partial charge is 0.129 e. The van der Waals surface area contributed by atoms with Crippen molar-refractivity contribution in [2.24, 2.45) is 0 Å². The Morgan fingerprint density at radius 2 is 1.71 bits per heavy atom. The molecule has 1 unspecified atom stereocenters. The summed E-state index contributed by atoms with van der Waals surface area (Å²) in [7, 11) is 0. The molecule has 94 valence electrons. The van der Waals surface area contributed by atoms with Crippen molar-refractivity contribution in [3.05, 3.63) is 50.6 Å². The van der Waals surface area contributed by atoms with Crippen molar-refractivity contribution in [3.63, 3.8) is 0 Å². The van der Waals surface area contributed by atoms with Crippen molar-refractivity contribution in [3.8, 4) is 0 Å². The molecule has 1 saturated heterocycles. The van der Waals surface area contributed by atoms with Gasteiger partial charge in [-0.15, -0.1) is 26.3 Å². The topological polar surface area (TPSA) is 12.5 Å². The first kappa shape index (κ1) is 13.9. The molecule has 0 radical (unpaired) electrons. The van der Waals surface area contributed by atoms with Crippen LogP contribution >= 0.6 is 0 Å². The fourth-order valence-corrected chi connectivity index (χ4v) is 2.49. The molecular weight excluding hydrogens is 210 g/mol. The minimum atomic E-state index is -0.286. The second kappa shape index (κ2) is 6.58. The van der Waals surface area contributed by atoms with Crippen LogP contribution in [0.3, 0.4) is 0 Å². The number of ether oxygens (including phenoxy) is 1. The van der Waals surface area contributed by atoms with Gasteiger partial charge in [0.25, 0.3) is 0 Å². The number of hydrogen-bond acceptors (Lipinski definition) is 2. The molecule has 0 amide bonds. The summed E-state index contributed by atoms with van der Waals surface area (Å²) in [5, 5.41) is 0. The standard InChI is InChI=1S/C15H23NO/c1-5-9-14-13-17-15(10-6-2,11-7-3)16(14)12-8-4/h5-8,14H,1-4,9-13H2. The van der Waals surface area contributed by atoms with Crippen molar-refractivity contribution in [2.75, 3.05) is 13.2 Å². The molecule has 0 saturated carbocycles. The van der Waals surface area contributed by atoms with Crippen LogP contribution in [0, 0.1) is 0 Å². The highest BCUT2D eigenvalue weighted by Crippen LogP contribution is 2.35. The average Bonchev–Trinajstić information content (AvgIpc) is 2.61. The van der Waals surface area contributed by atoms with Gasteiger partial charge in [-0.3, -0.25) is 4.90 Å². The van der Waals surface area contributed by atoms with Crippen molar-refractivity contribution in [1.82, 2.24) is 4.90 Å². The fourth-order valence-electron chi connectivity index (χ4n) is 2.49. The minimum Gasteiger partial charge on any atom is -0.358 e. The van der Waals surface area contributed by atoms with Gasteiger partial charge in [0.2, 0.25) is 0 Å². The molecular formula is C15H23NO. The Hall–Kier alpha value is -1.12. The lowest BCUT2D eigenvalue weighted by Gasteiger charge is -2.37. The highest BCUT2D eigenvalue weighted by Gasteiger charge is 2.44. The van der Waals surface area contributed by atoms with Gasteiger partial charge in [-0.25, -0.2) is 0 Å². The predicted molar refractivity (Wildman–Crippen MR) is 73.8 cm³/mol. The lowest BCUT2D eigenvalue weighted by molar-refractivity contribution is -0.0754. The fraction of sp³-hybridized carbons (Fsp3) is 0.467. The molecule has 0 N–H and O–H groups in total. The Bertz CT molecular complexity index is 285. The minimum absolute atomic E-state index is 0.286. The first-order chi connectivity index (χ1) is 8.24. The molecule has 0 spiro atoms. The zero-order valence-corrected chi connectivity index (χ0v) is 10.6. The van der Waals surface area contributed by atoms with E-state index in [2.05, 4.69) is 31.2 Å². The maximum Gasteiger partial charge on any atom is 0.129 e. The van der Waals surface area contributed by atoms with Crippen LogP contribution < -0.4 is 0 Å². The molecule has 0 aromatic rings. The van der Waals surface area contributed by atoms with E-state index in [-0.39, 0.29) is 5.72 Å². The summed E-state index contributed by atoms with van der Waals surface area (Å²) in [6.07, 6.45) is 10.2. The van der Waals surface area contributed by atoms with E-state index >= 15 is 0 Å². The molecule has 0 aromatic carbocycles. The molecule has 1 aliphatic heterocycles. The van der Waals surface area contributed by atoms with Crippen LogP contribution in [0.4, 0.5) is 0 Å². The lowest BCUT2D eigenvalue weighted by atomic mass is 10.0. The van der Waals surface area contributed by atoms with Crippen LogP contribution in [0.5, 0.6) is 0 Å². The molecule has 1 atom stereocenters. The van der Waals surface area contributed by atoms with Gasteiger partial charge in [-0.1, -0.05) is 24.3 Å². The quantitative estimate of drug-likeness (QED) is 0.596. The molecule has 1 fully saturated rings. The Morgan fingerprint density at radius 3 is 2.18 bits per heavy atom. The third kappa shape index (κ3) is 2.96. The van der Waals surface area contributed by atoms with Crippen LogP contribution in [0.25, 0.3) is 0 Å². The Morgan fingerprint density at radius 1 is 1.06 bits per heavy atom. The zero-order chi connectivity index (χ0) is 12.7. The van der Waals surface area contributed by atoms with Crippen LogP contribution in [-0.4, -0.2) is 29.8 Å². The second-order valence-corrected chi connectivity index (χ2v) is 4.36. The SMILES string of the molecule is C=CCC1COC(CC=C)(CC=C)N1CC=C. The van der Waals surface area contributed by atoms with E-state index in [1.165, 1.54) is 0 Å². The Balaban J connectivity index is 2.92. The summed E-state index contributed by atoms with van der Waals surface area (Å²) in [5.41, 5.74) is -0.286. The largest absolute Gasteiger partial charge is 0.358 e. The van der Waals surface area contributed by atoms with Gasteiger partial charge in [-0.2, -0.15) is 0 Å². The molecule has 0 aromatic heterocycles. The highest BCUT2D eigenvalue weighted by atomic mass is 16.5. The van der Waals surface area contributed by atoms with Gasteiger partial charge in [0.1, 0.15) is 5.72 Å².